The SMILES string of the molecule is CCN(CC)CC.CO.O=P(O)(O)O.O=P([O-])(O)O.[K+]. The third-order valence-electron chi connectivity index (χ3n) is 1.34. The Bertz CT molecular complexity index is 211. The van der Waals surface area contributed by atoms with Gasteiger partial charge in [0, 0.05) is 7.11 Å². The van der Waals surface area contributed by atoms with Crippen LogP contribution in [0.5, 0.6) is 0 Å². The molecule has 0 amide bonds. The van der Waals surface area contributed by atoms with Gasteiger partial charge in [-0.05, 0) is 19.6 Å². The van der Waals surface area contributed by atoms with E-state index in [9.17, 15) is 0 Å². The first-order chi connectivity index (χ1) is 8.35. The Hall–Kier alpha value is 1.78. The molecule has 6 N–H and O–H groups in total. The van der Waals surface area contributed by atoms with Crippen LogP contribution in [0.15, 0.2) is 0 Å². The Morgan fingerprint density at radius 2 is 0.950 bits per heavy atom. The van der Waals surface area contributed by atoms with Crippen molar-refractivity contribution in [1.82, 2.24) is 4.90 Å². The Balaban J connectivity index is -0.0000000525. The van der Waals surface area contributed by atoms with Gasteiger partial charge in [-0.3, -0.25) is 4.57 Å². The van der Waals surface area contributed by atoms with Gasteiger partial charge in [0.25, 0.3) is 7.82 Å². The van der Waals surface area contributed by atoms with Gasteiger partial charge in [0.15, 0.2) is 0 Å². The van der Waals surface area contributed by atoms with Gasteiger partial charge in [0.2, 0.25) is 0 Å². The van der Waals surface area contributed by atoms with Gasteiger partial charge >= 0.3 is 59.2 Å². The Kier molecular flexibility index (Phi) is 34.7. The third kappa shape index (κ3) is 115. The maximum Gasteiger partial charge on any atom is 1.00 e. The first kappa shape index (κ1) is 33.4. The van der Waals surface area contributed by atoms with Crippen LogP contribution in [-0.2, 0) is 9.13 Å². The van der Waals surface area contributed by atoms with Gasteiger partial charge < -0.3 is 39.4 Å². The number of hydrogen-bond donors (Lipinski definition) is 6. The smallest absolute Gasteiger partial charge is 0.756 e. The van der Waals surface area contributed by atoms with E-state index in [4.69, 9.17) is 43.6 Å². The topological polar surface area (TPSA) is 182 Å². The predicted octanol–water partition coefficient (Wildman–Crippen LogP) is -4.53. The molecule has 0 saturated carbocycles. The molecule has 0 bridgehead atoms. The van der Waals surface area contributed by atoms with E-state index in [0.717, 1.165) is 7.11 Å². The minimum absolute atomic E-state index is 0. The van der Waals surface area contributed by atoms with Crippen LogP contribution in [0.2, 0.25) is 0 Å². The standard InChI is InChI=1S/C6H15N.CH4O.K.2H3O4P/c1-4-7(5-2)6-3;1-2;;2*1-5(2,3)4/h4-6H2,1-3H3;2H,1H3;;2*(H3,1,2,3,4)/q;;+1;;/p-1. The number of rotatable bonds is 3. The Morgan fingerprint density at radius 3 is 0.950 bits per heavy atom. The number of aliphatic hydroxyl groups excluding tert-OH is 1. The molecule has 0 aliphatic rings. The molecule has 0 aromatic carbocycles. The molecular formula is C7H24KNO9P2. The molecule has 0 radical (unpaired) electrons. The van der Waals surface area contributed by atoms with Crippen LogP contribution in [0, 0.1) is 0 Å². The van der Waals surface area contributed by atoms with E-state index >= 15 is 0 Å². The van der Waals surface area contributed by atoms with Crippen molar-refractivity contribution in [1.29, 1.82) is 0 Å². The summed E-state index contributed by atoms with van der Waals surface area (Å²) in [5.41, 5.74) is 0. The molecule has 0 heterocycles. The largest absolute Gasteiger partial charge is 1.00 e. The fraction of sp³-hybridized carbons (Fsp3) is 1.00. The van der Waals surface area contributed by atoms with Crippen LogP contribution in [0.4, 0.5) is 0 Å². The van der Waals surface area contributed by atoms with E-state index < -0.39 is 15.6 Å². The molecule has 122 valence electrons. The van der Waals surface area contributed by atoms with Crippen LogP contribution < -0.4 is 56.3 Å². The summed E-state index contributed by atoms with van der Waals surface area (Å²) in [5.74, 6) is 0. The van der Waals surface area contributed by atoms with Crippen molar-refractivity contribution in [3.63, 3.8) is 0 Å². The number of nitrogens with zero attached hydrogens (tertiary/aromatic N) is 1. The summed E-state index contributed by atoms with van der Waals surface area (Å²) in [6.07, 6.45) is 0. The van der Waals surface area contributed by atoms with Crippen molar-refractivity contribution in [2.45, 2.75) is 20.8 Å². The summed E-state index contributed by atoms with van der Waals surface area (Å²) in [6.45, 7) is 10.1. The predicted molar refractivity (Wildman–Crippen MR) is 67.9 cm³/mol. The molecule has 0 aromatic heterocycles. The van der Waals surface area contributed by atoms with Crippen molar-refractivity contribution in [2.75, 3.05) is 26.7 Å². The maximum atomic E-state index is 8.88. The quantitative estimate of drug-likeness (QED) is 0.210. The Morgan fingerprint density at radius 1 is 0.850 bits per heavy atom. The Labute approximate surface area is 161 Å². The molecule has 0 saturated heterocycles. The van der Waals surface area contributed by atoms with Crippen LogP contribution in [0.25, 0.3) is 0 Å². The van der Waals surface area contributed by atoms with Crippen LogP contribution in [-0.4, -0.2) is 61.2 Å². The molecule has 0 aromatic rings. The monoisotopic (exact) mass is 367 g/mol. The molecule has 0 rings (SSSR count). The second-order valence-corrected chi connectivity index (χ2v) is 4.63. The van der Waals surface area contributed by atoms with Crippen molar-refractivity contribution < 1.29 is 95.0 Å². The fourth-order valence-electron chi connectivity index (χ4n) is 0.671. The minimum atomic E-state index is -4.89. The number of hydrogen-bond acceptors (Lipinski definition) is 5. The van der Waals surface area contributed by atoms with Gasteiger partial charge in [0.05, 0.1) is 0 Å². The van der Waals surface area contributed by atoms with Crippen LogP contribution in [0.1, 0.15) is 20.8 Å². The first-order valence-corrected chi connectivity index (χ1v) is 8.16. The molecule has 0 atom stereocenters. The average Bonchev–Trinajstić information content (AvgIpc) is 2.18. The van der Waals surface area contributed by atoms with Gasteiger partial charge in [-0.25, -0.2) is 4.57 Å². The van der Waals surface area contributed by atoms with Gasteiger partial charge in [0.1, 0.15) is 0 Å². The molecular weight excluding hydrogens is 343 g/mol. The summed E-state index contributed by atoms with van der Waals surface area (Å²) in [4.78, 5) is 46.9. The van der Waals surface area contributed by atoms with Crippen LogP contribution in [0.3, 0.4) is 0 Å². The molecule has 10 nitrogen and oxygen atoms in total. The molecule has 20 heavy (non-hydrogen) atoms. The zero-order valence-electron chi connectivity index (χ0n) is 12.4. The van der Waals surface area contributed by atoms with E-state index in [1.54, 1.807) is 0 Å². The van der Waals surface area contributed by atoms with Crippen molar-refractivity contribution in [2.24, 2.45) is 0 Å². The van der Waals surface area contributed by atoms with E-state index in [1.807, 2.05) is 0 Å². The zero-order valence-corrected chi connectivity index (χ0v) is 17.3. The second-order valence-electron chi connectivity index (χ2n) is 2.62. The van der Waals surface area contributed by atoms with E-state index in [0.29, 0.717) is 0 Å². The molecule has 0 fully saturated rings. The average molecular weight is 367 g/mol. The maximum absolute atomic E-state index is 8.88. The van der Waals surface area contributed by atoms with Crippen LogP contribution >= 0.6 is 15.6 Å². The van der Waals surface area contributed by atoms with Crippen molar-refractivity contribution >= 4 is 15.6 Å². The third-order valence-corrected chi connectivity index (χ3v) is 1.34. The van der Waals surface area contributed by atoms with Gasteiger partial charge in [-0.1, -0.05) is 20.8 Å². The normalized spacial score (nSPS) is 9.80. The molecule has 0 aliphatic heterocycles. The van der Waals surface area contributed by atoms with Crippen molar-refractivity contribution in [3.8, 4) is 0 Å². The summed E-state index contributed by atoms with van der Waals surface area (Å²) in [5, 5.41) is 7.00. The van der Waals surface area contributed by atoms with E-state index in [1.165, 1.54) is 19.6 Å². The van der Waals surface area contributed by atoms with E-state index in [-0.39, 0.29) is 51.4 Å². The zero-order chi connectivity index (χ0) is 16.7. The number of aliphatic hydroxyl groups is 1. The first-order valence-electron chi connectivity index (χ1n) is 5.06. The molecule has 13 heteroatoms. The van der Waals surface area contributed by atoms with E-state index in [2.05, 4.69) is 25.7 Å². The fourth-order valence-corrected chi connectivity index (χ4v) is 0.671. The van der Waals surface area contributed by atoms with Crippen molar-refractivity contribution in [3.05, 3.63) is 0 Å². The number of phosphoric acid groups is 2. The summed E-state index contributed by atoms with van der Waals surface area (Å²) < 4.78 is 17.7. The summed E-state index contributed by atoms with van der Waals surface area (Å²) in [7, 11) is -8.53. The van der Waals surface area contributed by atoms with Gasteiger partial charge in [-0.2, -0.15) is 0 Å². The minimum Gasteiger partial charge on any atom is -0.756 e. The molecule has 0 unspecified atom stereocenters. The second kappa shape index (κ2) is 20.8. The summed E-state index contributed by atoms with van der Waals surface area (Å²) >= 11 is 0. The molecule has 0 aliphatic carbocycles. The summed E-state index contributed by atoms with van der Waals surface area (Å²) in [6, 6.07) is 0. The van der Waals surface area contributed by atoms with Gasteiger partial charge in [-0.15, -0.1) is 0 Å². The molecule has 0 spiro atoms.